The fourth-order valence-electron chi connectivity index (χ4n) is 7.68. The lowest BCUT2D eigenvalue weighted by atomic mass is 9.45. The number of fused-ring (bicyclic) bond motifs is 6. The molecule has 1 saturated heterocycles. The minimum absolute atomic E-state index is 0.0577. The molecule has 136 valence electrons. The molecule has 1 N–H and O–H groups in total. The number of hydrogen-bond acceptors (Lipinski definition) is 4. The van der Waals surface area contributed by atoms with Crippen molar-refractivity contribution >= 4 is 11.6 Å². The average molecular weight is 344 g/mol. The number of Topliss-reactive ketones (excluding diaryl/α,β-unsaturated/α-hetero) is 1. The standard InChI is InChI=1S/C21H28O4/c1-19-7-5-13(22)9-12(19)3-4-14-15-6-8-21(17(24)11-25-21)20(15,2)10-16(23)18(14)19/h9,14-16,18,23H,3-8,10-11H2,1-2H3/t14-,15-,16-,18+,19-,20-,21-/m0/s1. The van der Waals surface area contributed by atoms with Gasteiger partial charge in [-0.05, 0) is 67.8 Å². The van der Waals surface area contributed by atoms with Crippen LogP contribution in [0.25, 0.3) is 0 Å². The molecule has 4 fully saturated rings. The Morgan fingerprint density at radius 3 is 2.64 bits per heavy atom. The van der Waals surface area contributed by atoms with Crippen molar-refractivity contribution in [3.8, 4) is 0 Å². The van der Waals surface area contributed by atoms with Gasteiger partial charge in [0.1, 0.15) is 12.2 Å². The molecule has 0 aromatic rings. The van der Waals surface area contributed by atoms with Crippen LogP contribution >= 0.6 is 0 Å². The topological polar surface area (TPSA) is 63.6 Å². The van der Waals surface area contributed by atoms with E-state index < -0.39 is 11.7 Å². The predicted octanol–water partition coefficient (Wildman–Crippen LogP) is 2.83. The molecule has 1 aliphatic heterocycles. The van der Waals surface area contributed by atoms with Gasteiger partial charge in [0, 0.05) is 11.8 Å². The zero-order chi connectivity index (χ0) is 17.6. The summed E-state index contributed by atoms with van der Waals surface area (Å²) in [6, 6.07) is 0. The Balaban J connectivity index is 1.55. The number of carbonyl (C=O) groups excluding carboxylic acids is 2. The molecule has 4 nitrogen and oxygen atoms in total. The number of aliphatic hydroxyl groups excluding tert-OH is 1. The van der Waals surface area contributed by atoms with E-state index in [9.17, 15) is 14.7 Å². The van der Waals surface area contributed by atoms with Crippen LogP contribution in [0.4, 0.5) is 0 Å². The molecule has 0 amide bonds. The van der Waals surface area contributed by atoms with E-state index >= 15 is 0 Å². The third-order valence-corrected chi connectivity index (χ3v) is 8.92. The number of aliphatic hydroxyl groups is 1. The molecule has 0 radical (unpaired) electrons. The SMILES string of the molecule is C[C@]12CCC(=O)C=C1CC[C@@H]1[C@@H]2[C@@H](O)C[C@@]2(C)[C@H]1CC[C@@]21OCC1=O. The Labute approximate surface area is 149 Å². The molecule has 7 atom stereocenters. The van der Waals surface area contributed by atoms with E-state index in [0.717, 1.165) is 32.1 Å². The largest absolute Gasteiger partial charge is 0.393 e. The minimum atomic E-state index is -0.622. The number of allylic oxidation sites excluding steroid dienone is 1. The summed E-state index contributed by atoms with van der Waals surface area (Å²) < 4.78 is 5.92. The maximum Gasteiger partial charge on any atom is 0.190 e. The van der Waals surface area contributed by atoms with Gasteiger partial charge in [0.25, 0.3) is 0 Å². The molecule has 25 heavy (non-hydrogen) atoms. The van der Waals surface area contributed by atoms with Crippen molar-refractivity contribution in [1.29, 1.82) is 0 Å². The average Bonchev–Trinajstić information content (AvgIpc) is 2.88. The number of hydrogen-bond donors (Lipinski definition) is 1. The molecule has 5 rings (SSSR count). The first-order chi connectivity index (χ1) is 11.8. The Morgan fingerprint density at radius 1 is 1.16 bits per heavy atom. The fourth-order valence-corrected chi connectivity index (χ4v) is 7.68. The smallest absolute Gasteiger partial charge is 0.190 e. The zero-order valence-corrected chi connectivity index (χ0v) is 15.2. The summed E-state index contributed by atoms with van der Waals surface area (Å²) >= 11 is 0. The van der Waals surface area contributed by atoms with E-state index in [1.54, 1.807) is 0 Å². The van der Waals surface area contributed by atoms with Gasteiger partial charge in [-0.3, -0.25) is 9.59 Å². The fraction of sp³-hybridized carbons (Fsp3) is 0.810. The molecule has 0 aromatic heterocycles. The number of rotatable bonds is 0. The third kappa shape index (κ3) is 1.76. The van der Waals surface area contributed by atoms with Gasteiger partial charge >= 0.3 is 0 Å². The Hall–Kier alpha value is -1.00. The number of carbonyl (C=O) groups is 2. The van der Waals surface area contributed by atoms with Gasteiger partial charge in [-0.15, -0.1) is 0 Å². The van der Waals surface area contributed by atoms with E-state index in [1.165, 1.54) is 5.57 Å². The van der Waals surface area contributed by atoms with Gasteiger partial charge in [0.2, 0.25) is 0 Å². The number of ketones is 2. The van der Waals surface area contributed by atoms with E-state index in [2.05, 4.69) is 13.8 Å². The van der Waals surface area contributed by atoms with Crippen molar-refractivity contribution in [2.75, 3.05) is 6.61 Å². The maximum atomic E-state index is 12.5. The molecule has 0 unspecified atom stereocenters. The van der Waals surface area contributed by atoms with E-state index in [-0.39, 0.29) is 34.9 Å². The van der Waals surface area contributed by atoms with Gasteiger partial charge in [-0.1, -0.05) is 19.4 Å². The highest BCUT2D eigenvalue weighted by molar-refractivity contribution is 5.94. The van der Waals surface area contributed by atoms with E-state index in [1.807, 2.05) is 6.08 Å². The van der Waals surface area contributed by atoms with Gasteiger partial charge in [0.15, 0.2) is 11.6 Å². The summed E-state index contributed by atoms with van der Waals surface area (Å²) in [5.74, 6) is 1.58. The second-order valence-electron chi connectivity index (χ2n) is 9.65. The van der Waals surface area contributed by atoms with Crippen LogP contribution in [0.3, 0.4) is 0 Å². The summed E-state index contributed by atoms with van der Waals surface area (Å²) in [6.07, 6.45) is 7.41. The molecule has 0 aromatic carbocycles. The van der Waals surface area contributed by atoms with Crippen LogP contribution in [0.2, 0.25) is 0 Å². The molecule has 1 spiro atoms. The molecule has 4 heteroatoms. The quantitative estimate of drug-likeness (QED) is 0.734. The van der Waals surface area contributed by atoms with Gasteiger partial charge in [0.05, 0.1) is 6.10 Å². The molecule has 5 aliphatic rings. The van der Waals surface area contributed by atoms with Crippen LogP contribution in [0.5, 0.6) is 0 Å². The molecule has 4 aliphatic carbocycles. The van der Waals surface area contributed by atoms with E-state index in [4.69, 9.17) is 4.74 Å². The number of ether oxygens (including phenoxy) is 1. The Kier molecular flexibility index (Phi) is 3.13. The highest BCUT2D eigenvalue weighted by Gasteiger charge is 2.71. The van der Waals surface area contributed by atoms with Crippen molar-refractivity contribution in [1.82, 2.24) is 0 Å². The van der Waals surface area contributed by atoms with Gasteiger partial charge in [-0.25, -0.2) is 0 Å². The molecular weight excluding hydrogens is 316 g/mol. The third-order valence-electron chi connectivity index (χ3n) is 8.92. The van der Waals surface area contributed by atoms with Crippen LogP contribution in [0.15, 0.2) is 11.6 Å². The van der Waals surface area contributed by atoms with Gasteiger partial charge < -0.3 is 9.84 Å². The highest BCUT2D eigenvalue weighted by Crippen LogP contribution is 2.69. The van der Waals surface area contributed by atoms with Crippen molar-refractivity contribution in [3.05, 3.63) is 11.6 Å². The van der Waals surface area contributed by atoms with E-state index in [0.29, 0.717) is 24.7 Å². The Morgan fingerprint density at radius 2 is 1.96 bits per heavy atom. The van der Waals surface area contributed by atoms with Crippen LogP contribution in [0.1, 0.15) is 58.8 Å². The summed E-state index contributed by atoms with van der Waals surface area (Å²) in [7, 11) is 0. The Bertz CT molecular complexity index is 696. The van der Waals surface area contributed by atoms with Gasteiger partial charge in [-0.2, -0.15) is 0 Å². The van der Waals surface area contributed by atoms with Crippen molar-refractivity contribution in [2.45, 2.75) is 70.5 Å². The first-order valence-corrected chi connectivity index (χ1v) is 9.91. The van der Waals surface area contributed by atoms with Crippen LogP contribution in [-0.4, -0.2) is 35.0 Å². The lowest BCUT2D eigenvalue weighted by molar-refractivity contribution is -0.226. The first kappa shape index (κ1) is 16.2. The lowest BCUT2D eigenvalue weighted by Gasteiger charge is -2.62. The maximum absolute atomic E-state index is 12.5. The van der Waals surface area contributed by atoms with Crippen LogP contribution in [-0.2, 0) is 14.3 Å². The normalized spacial score (nSPS) is 54.4. The monoisotopic (exact) mass is 344 g/mol. The first-order valence-electron chi connectivity index (χ1n) is 9.91. The summed E-state index contributed by atoms with van der Waals surface area (Å²) in [4.78, 5) is 24.4. The predicted molar refractivity (Wildman–Crippen MR) is 91.8 cm³/mol. The van der Waals surface area contributed by atoms with Crippen molar-refractivity contribution < 1.29 is 19.4 Å². The molecular formula is C21H28O4. The minimum Gasteiger partial charge on any atom is -0.393 e. The van der Waals surface area contributed by atoms with Crippen LogP contribution < -0.4 is 0 Å². The molecule has 0 bridgehead atoms. The second kappa shape index (κ2) is 4.83. The summed E-state index contributed by atoms with van der Waals surface area (Å²) in [5, 5.41) is 11.2. The molecule has 3 saturated carbocycles. The van der Waals surface area contributed by atoms with Crippen LogP contribution in [0, 0.1) is 28.6 Å². The molecule has 1 heterocycles. The summed E-state index contributed by atoms with van der Waals surface area (Å²) in [5.41, 5.74) is 0.350. The summed E-state index contributed by atoms with van der Waals surface area (Å²) in [6.45, 7) is 4.71. The highest BCUT2D eigenvalue weighted by atomic mass is 16.5. The van der Waals surface area contributed by atoms with Crippen molar-refractivity contribution in [3.63, 3.8) is 0 Å². The zero-order valence-electron chi connectivity index (χ0n) is 15.2. The lowest BCUT2D eigenvalue weighted by Crippen LogP contribution is -2.67. The second-order valence-corrected chi connectivity index (χ2v) is 9.65. The van der Waals surface area contributed by atoms with Crippen molar-refractivity contribution in [2.24, 2.45) is 28.6 Å².